The maximum absolute atomic E-state index is 12.9. The van der Waals surface area contributed by atoms with Gasteiger partial charge < -0.3 is 15.0 Å². The number of carbonyl (C=O) groups is 2. The van der Waals surface area contributed by atoms with Crippen molar-refractivity contribution in [2.75, 3.05) is 25.1 Å². The number of hydrogen-bond acceptors (Lipinski definition) is 6. The predicted molar refractivity (Wildman–Crippen MR) is 129 cm³/mol. The maximum atomic E-state index is 12.9. The zero-order valence-corrected chi connectivity index (χ0v) is 19.2. The number of benzene rings is 2. The van der Waals surface area contributed by atoms with E-state index in [1.54, 1.807) is 28.4 Å². The summed E-state index contributed by atoms with van der Waals surface area (Å²) >= 11 is 3.03. The Morgan fingerprint density at radius 1 is 1.09 bits per heavy atom. The van der Waals surface area contributed by atoms with Crippen molar-refractivity contribution < 1.29 is 18.7 Å². The molecule has 0 saturated carbocycles. The molecule has 33 heavy (non-hydrogen) atoms. The highest BCUT2D eigenvalue weighted by molar-refractivity contribution is 7.23. The lowest BCUT2D eigenvalue weighted by Crippen LogP contribution is -2.36. The number of thiazole rings is 1. The van der Waals surface area contributed by atoms with E-state index in [4.69, 9.17) is 9.72 Å². The van der Waals surface area contributed by atoms with Gasteiger partial charge in [0.25, 0.3) is 5.91 Å². The van der Waals surface area contributed by atoms with Gasteiger partial charge in [-0.3, -0.25) is 4.79 Å². The number of alkyl halides is 1. The van der Waals surface area contributed by atoms with E-state index in [-0.39, 0.29) is 12.5 Å². The highest BCUT2D eigenvalue weighted by Crippen LogP contribution is 2.45. The first-order chi connectivity index (χ1) is 16.1. The lowest BCUT2D eigenvalue weighted by atomic mass is 10.0. The molecule has 2 amide bonds. The van der Waals surface area contributed by atoms with Crippen LogP contribution in [0, 0.1) is 0 Å². The highest BCUT2D eigenvalue weighted by Gasteiger charge is 2.30. The van der Waals surface area contributed by atoms with Gasteiger partial charge in [-0.05, 0) is 36.2 Å². The summed E-state index contributed by atoms with van der Waals surface area (Å²) in [4.78, 5) is 32.6. The van der Waals surface area contributed by atoms with Gasteiger partial charge >= 0.3 is 6.09 Å². The molecular formula is C24H20FN3O3S2. The van der Waals surface area contributed by atoms with Crippen LogP contribution in [0.15, 0.2) is 54.6 Å². The van der Waals surface area contributed by atoms with Crippen LogP contribution in [0.5, 0.6) is 0 Å². The van der Waals surface area contributed by atoms with Crippen LogP contribution in [-0.4, -0.2) is 41.7 Å². The third-order valence-electron chi connectivity index (χ3n) is 5.39. The number of carbonyl (C=O) groups excluding carboxylic acids is 2. The normalized spacial score (nSPS) is 13.1. The van der Waals surface area contributed by atoms with Crippen LogP contribution in [0.2, 0.25) is 0 Å². The molecule has 0 aliphatic carbocycles. The van der Waals surface area contributed by atoms with Gasteiger partial charge in [-0.25, -0.2) is 14.2 Å². The predicted octanol–water partition coefficient (Wildman–Crippen LogP) is 5.74. The number of amides is 2. The van der Waals surface area contributed by atoms with Crippen LogP contribution in [-0.2, 0) is 17.7 Å². The molecule has 0 saturated heterocycles. The lowest BCUT2D eigenvalue weighted by Gasteiger charge is -2.26. The van der Waals surface area contributed by atoms with E-state index in [9.17, 15) is 14.0 Å². The molecular weight excluding hydrogens is 461 g/mol. The van der Waals surface area contributed by atoms with Gasteiger partial charge in [-0.1, -0.05) is 30.3 Å². The fourth-order valence-corrected chi connectivity index (χ4v) is 6.20. The number of rotatable bonds is 5. The van der Waals surface area contributed by atoms with Gasteiger partial charge in [0.2, 0.25) is 0 Å². The standard InChI is InChI=1S/C24H20FN3O3S2/c25-11-13-31-24(30)28-12-10-16-19(14-28)33-23(27-21(29)15-6-2-1-3-7-15)20(16)22-26-17-8-4-5-9-18(17)32-22/h1-9H,10-14H2,(H,27,29). The van der Waals surface area contributed by atoms with E-state index in [0.717, 1.165) is 31.2 Å². The molecule has 0 spiro atoms. The van der Waals surface area contributed by atoms with Crippen molar-refractivity contribution in [3.8, 4) is 10.6 Å². The first-order valence-electron chi connectivity index (χ1n) is 10.5. The zero-order chi connectivity index (χ0) is 22.8. The van der Waals surface area contributed by atoms with Gasteiger partial charge in [-0.2, -0.15) is 0 Å². The Morgan fingerprint density at radius 2 is 1.88 bits per heavy atom. The molecule has 168 valence electrons. The number of nitrogens with zero attached hydrogens (tertiary/aromatic N) is 2. The molecule has 5 rings (SSSR count). The third-order valence-corrected chi connectivity index (χ3v) is 7.57. The molecule has 4 aromatic rings. The number of fused-ring (bicyclic) bond motifs is 2. The van der Waals surface area contributed by atoms with Crippen molar-refractivity contribution in [2.45, 2.75) is 13.0 Å². The summed E-state index contributed by atoms with van der Waals surface area (Å²) in [7, 11) is 0. The number of hydrogen-bond donors (Lipinski definition) is 1. The highest BCUT2D eigenvalue weighted by atomic mass is 32.1. The molecule has 3 heterocycles. The first kappa shape index (κ1) is 21.5. The summed E-state index contributed by atoms with van der Waals surface area (Å²) in [5.41, 5.74) is 3.47. The molecule has 2 aromatic heterocycles. The average molecular weight is 482 g/mol. The maximum Gasteiger partial charge on any atom is 0.410 e. The minimum Gasteiger partial charge on any atom is -0.447 e. The Kier molecular flexibility index (Phi) is 6.06. The molecule has 1 N–H and O–H groups in total. The van der Waals surface area contributed by atoms with E-state index < -0.39 is 12.8 Å². The van der Waals surface area contributed by atoms with Crippen molar-refractivity contribution in [3.05, 3.63) is 70.6 Å². The Labute approximate surface area is 197 Å². The second-order valence-electron chi connectivity index (χ2n) is 7.49. The zero-order valence-electron chi connectivity index (χ0n) is 17.5. The SMILES string of the molecule is O=C(Nc1sc2c(c1-c1nc3ccccc3s1)CCN(C(=O)OCCF)C2)c1ccccc1. The quantitative estimate of drug-likeness (QED) is 0.395. The van der Waals surface area contributed by atoms with E-state index >= 15 is 0 Å². The van der Waals surface area contributed by atoms with Gasteiger partial charge in [-0.15, -0.1) is 22.7 Å². The molecule has 0 radical (unpaired) electrons. The van der Waals surface area contributed by atoms with Gasteiger partial charge in [0.05, 0.1) is 16.8 Å². The van der Waals surface area contributed by atoms with Crippen LogP contribution in [0.25, 0.3) is 20.8 Å². The number of anilines is 1. The smallest absolute Gasteiger partial charge is 0.410 e. The molecule has 1 aliphatic heterocycles. The van der Waals surface area contributed by atoms with Crippen molar-refractivity contribution in [2.24, 2.45) is 0 Å². The third kappa shape index (κ3) is 4.34. The minimum atomic E-state index is -0.707. The fraction of sp³-hybridized carbons (Fsp3) is 0.208. The number of thiophene rings is 1. The topological polar surface area (TPSA) is 71.5 Å². The number of nitrogens with one attached hydrogen (secondary N) is 1. The largest absolute Gasteiger partial charge is 0.447 e. The van der Waals surface area contributed by atoms with Gasteiger partial charge in [0.15, 0.2) is 0 Å². The fourth-order valence-electron chi connectivity index (χ4n) is 3.83. The molecule has 9 heteroatoms. The number of aromatic nitrogens is 1. The van der Waals surface area contributed by atoms with Crippen LogP contribution in [0.3, 0.4) is 0 Å². The Balaban J connectivity index is 1.53. The second kappa shape index (κ2) is 9.29. The molecule has 6 nitrogen and oxygen atoms in total. The first-order valence-corrected chi connectivity index (χ1v) is 12.1. The monoisotopic (exact) mass is 481 g/mol. The van der Waals surface area contributed by atoms with Gasteiger partial charge in [0, 0.05) is 22.5 Å². The van der Waals surface area contributed by atoms with Crippen molar-refractivity contribution in [3.63, 3.8) is 0 Å². The summed E-state index contributed by atoms with van der Waals surface area (Å²) < 4.78 is 18.4. The molecule has 0 fully saturated rings. The Bertz CT molecular complexity index is 1290. The number of para-hydroxylation sites is 1. The van der Waals surface area contributed by atoms with Crippen LogP contribution >= 0.6 is 22.7 Å². The van der Waals surface area contributed by atoms with Crippen molar-refractivity contribution >= 4 is 49.9 Å². The molecule has 0 bridgehead atoms. The summed E-state index contributed by atoms with van der Waals surface area (Å²) in [6.07, 6.45) is 0.0753. The van der Waals surface area contributed by atoms with Crippen molar-refractivity contribution in [1.82, 2.24) is 9.88 Å². The summed E-state index contributed by atoms with van der Waals surface area (Å²) in [5, 5.41) is 4.62. The lowest BCUT2D eigenvalue weighted by molar-refractivity contribution is 0.0926. The molecule has 0 atom stereocenters. The van der Waals surface area contributed by atoms with Crippen molar-refractivity contribution in [1.29, 1.82) is 0 Å². The van der Waals surface area contributed by atoms with E-state index in [1.807, 2.05) is 42.5 Å². The second-order valence-corrected chi connectivity index (χ2v) is 9.63. The van der Waals surface area contributed by atoms with E-state index in [1.165, 1.54) is 11.3 Å². The molecule has 1 aliphatic rings. The summed E-state index contributed by atoms with van der Waals surface area (Å²) in [6, 6.07) is 17.0. The number of halogens is 1. The average Bonchev–Trinajstić information content (AvgIpc) is 3.43. The minimum absolute atomic E-state index is 0.198. The summed E-state index contributed by atoms with van der Waals surface area (Å²) in [6.45, 7) is -0.147. The van der Waals surface area contributed by atoms with Crippen LogP contribution < -0.4 is 5.32 Å². The molecule has 0 unspecified atom stereocenters. The Morgan fingerprint density at radius 3 is 2.67 bits per heavy atom. The van der Waals surface area contributed by atoms with Crippen LogP contribution in [0.4, 0.5) is 14.2 Å². The Hall–Kier alpha value is -3.30. The van der Waals surface area contributed by atoms with Gasteiger partial charge in [0.1, 0.15) is 23.3 Å². The van der Waals surface area contributed by atoms with E-state index in [2.05, 4.69) is 5.32 Å². The van der Waals surface area contributed by atoms with Crippen LogP contribution in [0.1, 0.15) is 20.8 Å². The summed E-state index contributed by atoms with van der Waals surface area (Å²) in [5.74, 6) is -0.198. The molecule has 2 aromatic carbocycles. The van der Waals surface area contributed by atoms with E-state index in [0.29, 0.717) is 30.1 Å². The number of ether oxygens (including phenoxy) is 1.